The van der Waals surface area contributed by atoms with Gasteiger partial charge in [-0.3, -0.25) is 4.79 Å². The van der Waals surface area contributed by atoms with Gasteiger partial charge in [0.25, 0.3) is 0 Å². The van der Waals surface area contributed by atoms with Crippen LogP contribution < -0.4 is 15.5 Å². The van der Waals surface area contributed by atoms with Crippen LogP contribution in [0.2, 0.25) is 0 Å². The molecule has 0 radical (unpaired) electrons. The number of halogens is 1. The summed E-state index contributed by atoms with van der Waals surface area (Å²) in [6, 6.07) is 16.8. The van der Waals surface area contributed by atoms with Crippen LogP contribution in [0, 0.1) is 5.82 Å². The highest BCUT2D eigenvalue weighted by molar-refractivity contribution is 7.90. The second-order valence-corrected chi connectivity index (χ2v) is 10.8. The molecule has 0 aromatic heterocycles. The van der Waals surface area contributed by atoms with Crippen molar-refractivity contribution in [3.63, 3.8) is 0 Å². The maximum Gasteiger partial charge on any atom is 0.319 e. The molecular formula is C27H28FN3O4S. The fourth-order valence-corrected chi connectivity index (χ4v) is 5.23. The van der Waals surface area contributed by atoms with E-state index in [0.29, 0.717) is 36.2 Å². The number of piperidine rings is 1. The van der Waals surface area contributed by atoms with E-state index in [2.05, 4.69) is 10.6 Å². The zero-order valence-corrected chi connectivity index (χ0v) is 20.9. The number of hydrogen-bond acceptors (Lipinski definition) is 4. The summed E-state index contributed by atoms with van der Waals surface area (Å²) in [4.78, 5) is 27.0. The third-order valence-electron chi connectivity index (χ3n) is 6.20. The summed E-state index contributed by atoms with van der Waals surface area (Å²) in [5, 5.41) is 5.42. The Morgan fingerprint density at radius 1 is 1.08 bits per heavy atom. The van der Waals surface area contributed by atoms with Crippen LogP contribution in [0.1, 0.15) is 25.3 Å². The van der Waals surface area contributed by atoms with E-state index in [9.17, 15) is 18.0 Å². The molecule has 1 saturated heterocycles. The molecule has 36 heavy (non-hydrogen) atoms. The third kappa shape index (κ3) is 5.57. The smallest absolute Gasteiger partial charge is 0.319 e. The molecule has 3 aromatic rings. The van der Waals surface area contributed by atoms with Gasteiger partial charge in [0.05, 0.1) is 10.6 Å². The largest absolute Gasteiger partial charge is 0.326 e. The molecule has 188 valence electrons. The van der Waals surface area contributed by atoms with Crippen molar-refractivity contribution in [1.82, 2.24) is 5.32 Å². The lowest BCUT2D eigenvalue weighted by atomic mass is 10.0. The first-order valence-corrected chi connectivity index (χ1v) is 13.6. The van der Waals surface area contributed by atoms with Crippen molar-refractivity contribution in [3.8, 4) is 11.1 Å². The molecular weight excluding hydrogens is 481 g/mol. The topological polar surface area (TPSA) is 95.6 Å². The van der Waals surface area contributed by atoms with Gasteiger partial charge in [-0.15, -0.1) is 0 Å². The van der Waals surface area contributed by atoms with Crippen molar-refractivity contribution in [2.24, 2.45) is 0 Å². The van der Waals surface area contributed by atoms with E-state index in [1.807, 2.05) is 19.1 Å². The van der Waals surface area contributed by atoms with Crippen molar-refractivity contribution >= 4 is 33.2 Å². The zero-order chi connectivity index (χ0) is 25.9. The summed E-state index contributed by atoms with van der Waals surface area (Å²) in [5.74, 6) is -1.05. The molecule has 0 spiro atoms. The number of sulfone groups is 1. The number of hydrogen-bond donors (Lipinski definition) is 2. The van der Waals surface area contributed by atoms with Gasteiger partial charge >= 0.3 is 6.03 Å². The maximum absolute atomic E-state index is 15.2. The molecule has 7 nitrogen and oxygen atoms in total. The van der Waals surface area contributed by atoms with E-state index in [1.165, 1.54) is 23.1 Å². The average molecular weight is 510 g/mol. The highest BCUT2D eigenvalue weighted by Crippen LogP contribution is 2.32. The molecule has 1 fully saturated rings. The molecule has 0 bridgehead atoms. The third-order valence-corrected chi connectivity index (χ3v) is 7.35. The summed E-state index contributed by atoms with van der Waals surface area (Å²) in [6.07, 6.45) is 3.02. The number of urea groups is 1. The number of aryl methyl sites for hydroxylation is 1. The van der Waals surface area contributed by atoms with E-state index in [-0.39, 0.29) is 10.6 Å². The molecule has 1 aliphatic heterocycles. The van der Waals surface area contributed by atoms with E-state index >= 15 is 4.39 Å². The highest BCUT2D eigenvalue weighted by atomic mass is 32.2. The zero-order valence-electron chi connectivity index (χ0n) is 20.1. The van der Waals surface area contributed by atoms with Gasteiger partial charge < -0.3 is 15.5 Å². The molecule has 2 N–H and O–H groups in total. The van der Waals surface area contributed by atoms with E-state index in [4.69, 9.17) is 0 Å². The molecule has 0 aliphatic carbocycles. The molecule has 4 rings (SSSR count). The average Bonchev–Trinajstić information content (AvgIpc) is 2.85. The van der Waals surface area contributed by atoms with Gasteiger partial charge in [0, 0.05) is 24.1 Å². The SMILES string of the molecule is CCc1ccc(NC(=O)NC2CCCN(c3ccc(-c4ccccc4S(C)(=O)=O)cc3F)C2=O)cc1. The first-order chi connectivity index (χ1) is 17.2. The van der Waals surface area contributed by atoms with Crippen molar-refractivity contribution < 1.29 is 22.4 Å². The normalized spacial score (nSPS) is 16.0. The monoisotopic (exact) mass is 509 g/mol. The van der Waals surface area contributed by atoms with Crippen LogP contribution in [-0.2, 0) is 21.1 Å². The number of nitrogens with zero attached hydrogens (tertiary/aromatic N) is 1. The molecule has 1 atom stereocenters. The van der Waals surface area contributed by atoms with Crippen LogP contribution in [0.25, 0.3) is 11.1 Å². The Morgan fingerprint density at radius 3 is 2.47 bits per heavy atom. The van der Waals surface area contributed by atoms with Gasteiger partial charge in [-0.25, -0.2) is 17.6 Å². The summed E-state index contributed by atoms with van der Waals surface area (Å²) >= 11 is 0. The minimum Gasteiger partial charge on any atom is -0.326 e. The first kappa shape index (κ1) is 25.4. The van der Waals surface area contributed by atoms with Crippen LogP contribution in [0.5, 0.6) is 0 Å². The van der Waals surface area contributed by atoms with Crippen LogP contribution >= 0.6 is 0 Å². The van der Waals surface area contributed by atoms with Crippen LogP contribution in [0.4, 0.5) is 20.6 Å². The Bertz CT molecular complexity index is 1390. The second-order valence-electron chi connectivity index (χ2n) is 8.77. The van der Waals surface area contributed by atoms with Gasteiger partial charge in [-0.2, -0.15) is 0 Å². The van der Waals surface area contributed by atoms with Crippen molar-refractivity contribution in [3.05, 3.63) is 78.1 Å². The number of carbonyl (C=O) groups is 2. The summed E-state index contributed by atoms with van der Waals surface area (Å²) in [5.41, 5.74) is 2.62. The molecule has 0 saturated carbocycles. The van der Waals surface area contributed by atoms with Crippen molar-refractivity contribution in [2.45, 2.75) is 37.1 Å². The van der Waals surface area contributed by atoms with Crippen molar-refractivity contribution in [1.29, 1.82) is 0 Å². The van der Waals surface area contributed by atoms with Crippen LogP contribution in [-0.4, -0.2) is 39.2 Å². The van der Waals surface area contributed by atoms with Crippen molar-refractivity contribution in [2.75, 3.05) is 23.0 Å². The number of amides is 3. The van der Waals surface area contributed by atoms with Gasteiger partial charge in [-0.1, -0.05) is 43.3 Å². The Labute approximate surface area is 210 Å². The molecule has 3 aromatic carbocycles. The maximum atomic E-state index is 15.2. The van der Waals surface area contributed by atoms with Crippen LogP contribution in [0.15, 0.2) is 71.6 Å². The van der Waals surface area contributed by atoms with Crippen LogP contribution in [0.3, 0.4) is 0 Å². The lowest BCUT2D eigenvalue weighted by Crippen LogP contribution is -2.53. The summed E-state index contributed by atoms with van der Waals surface area (Å²) in [7, 11) is -3.51. The minimum atomic E-state index is -3.51. The van der Waals surface area contributed by atoms with E-state index in [0.717, 1.165) is 18.2 Å². The molecule has 1 heterocycles. The Morgan fingerprint density at radius 2 is 1.81 bits per heavy atom. The first-order valence-electron chi connectivity index (χ1n) is 11.7. The number of anilines is 2. The van der Waals surface area contributed by atoms with E-state index in [1.54, 1.807) is 36.4 Å². The lowest BCUT2D eigenvalue weighted by molar-refractivity contribution is -0.121. The number of nitrogens with one attached hydrogen (secondary N) is 2. The number of benzene rings is 3. The summed E-state index contributed by atoms with van der Waals surface area (Å²) in [6.45, 7) is 2.35. The predicted octanol–water partition coefficient (Wildman–Crippen LogP) is 4.78. The van der Waals surface area contributed by atoms with Gasteiger partial charge in [0.1, 0.15) is 11.9 Å². The van der Waals surface area contributed by atoms with Gasteiger partial charge in [-0.05, 0) is 60.7 Å². The Hall–Kier alpha value is -3.72. The predicted molar refractivity (Wildman–Crippen MR) is 138 cm³/mol. The van der Waals surface area contributed by atoms with E-state index < -0.39 is 33.6 Å². The fraction of sp³-hybridized carbons (Fsp3) is 0.259. The highest BCUT2D eigenvalue weighted by Gasteiger charge is 2.32. The minimum absolute atomic E-state index is 0.0858. The molecule has 1 unspecified atom stereocenters. The summed E-state index contributed by atoms with van der Waals surface area (Å²) < 4.78 is 39.5. The van der Waals surface area contributed by atoms with Gasteiger partial charge in [0.2, 0.25) is 5.91 Å². The number of carbonyl (C=O) groups excluding carboxylic acids is 2. The number of rotatable bonds is 6. The van der Waals surface area contributed by atoms with Gasteiger partial charge in [0.15, 0.2) is 9.84 Å². The molecule has 9 heteroatoms. The quantitative estimate of drug-likeness (QED) is 0.500. The second kappa shape index (κ2) is 10.5. The standard InChI is InChI=1S/C27H28FN3O4S/c1-3-18-10-13-20(14-11-18)29-27(33)30-23-8-6-16-31(26(23)32)24-15-12-19(17-22(24)28)21-7-4-5-9-25(21)36(2,34)35/h4-5,7,9-15,17,23H,3,6,8,16H2,1-2H3,(H2,29,30,33). The molecule has 3 amide bonds. The Balaban J connectivity index is 1.50. The lowest BCUT2D eigenvalue weighted by Gasteiger charge is -2.33. The fourth-order valence-electron chi connectivity index (χ4n) is 4.32. The Kier molecular flexibility index (Phi) is 7.40. The molecule has 1 aliphatic rings.